The van der Waals surface area contributed by atoms with Crippen LogP contribution in [0.3, 0.4) is 0 Å². The van der Waals surface area contributed by atoms with Crippen molar-refractivity contribution in [1.29, 1.82) is 0 Å². The van der Waals surface area contributed by atoms with E-state index < -0.39 is 0 Å². The van der Waals surface area contributed by atoms with Crippen molar-refractivity contribution < 1.29 is 9.53 Å². The Morgan fingerprint density at radius 2 is 2.10 bits per heavy atom. The Morgan fingerprint density at radius 3 is 2.90 bits per heavy atom. The predicted molar refractivity (Wildman–Crippen MR) is 82.6 cm³/mol. The second kappa shape index (κ2) is 4.47. The van der Waals surface area contributed by atoms with Crippen LogP contribution in [0.15, 0.2) is 22.8 Å². The Labute approximate surface area is 127 Å². The highest BCUT2D eigenvalue weighted by molar-refractivity contribution is 5.92. The zero-order chi connectivity index (χ0) is 14.8. The van der Waals surface area contributed by atoms with Gasteiger partial charge in [0.1, 0.15) is 6.10 Å². The Morgan fingerprint density at radius 1 is 1.29 bits per heavy atom. The summed E-state index contributed by atoms with van der Waals surface area (Å²) in [6.07, 6.45) is 10.1. The maximum Gasteiger partial charge on any atom is 0.334 e. The third-order valence-corrected chi connectivity index (χ3v) is 6.95. The third-order valence-electron chi connectivity index (χ3n) is 6.95. The van der Waals surface area contributed by atoms with Gasteiger partial charge in [0.25, 0.3) is 0 Å². The van der Waals surface area contributed by atoms with Gasteiger partial charge in [0.2, 0.25) is 0 Å². The van der Waals surface area contributed by atoms with Crippen molar-refractivity contribution in [3.05, 3.63) is 22.8 Å². The molecule has 114 valence electrons. The van der Waals surface area contributed by atoms with E-state index in [2.05, 4.69) is 19.9 Å². The van der Waals surface area contributed by atoms with E-state index in [4.69, 9.17) is 4.74 Å². The van der Waals surface area contributed by atoms with Crippen LogP contribution >= 0.6 is 0 Å². The molecule has 2 nitrogen and oxygen atoms in total. The van der Waals surface area contributed by atoms with Crippen LogP contribution < -0.4 is 0 Å². The van der Waals surface area contributed by atoms with E-state index in [1.807, 2.05) is 6.92 Å². The minimum Gasteiger partial charge on any atom is -0.454 e. The second-order valence-corrected chi connectivity index (χ2v) is 8.10. The van der Waals surface area contributed by atoms with Crippen LogP contribution in [0.2, 0.25) is 0 Å². The summed E-state index contributed by atoms with van der Waals surface area (Å²) < 4.78 is 5.61. The molecule has 0 aromatic rings. The monoisotopic (exact) mass is 286 g/mol. The van der Waals surface area contributed by atoms with Crippen LogP contribution in [0.25, 0.3) is 0 Å². The van der Waals surface area contributed by atoms with Gasteiger partial charge < -0.3 is 4.74 Å². The van der Waals surface area contributed by atoms with Gasteiger partial charge in [0.15, 0.2) is 0 Å². The van der Waals surface area contributed by atoms with Crippen LogP contribution in [0.4, 0.5) is 0 Å². The summed E-state index contributed by atoms with van der Waals surface area (Å²) in [4.78, 5) is 11.8. The van der Waals surface area contributed by atoms with Crippen molar-refractivity contribution in [2.75, 3.05) is 0 Å². The maximum atomic E-state index is 11.8. The number of fused-ring (bicyclic) bond motifs is 4. The number of allylic oxidation sites excluding steroid dienone is 1. The molecule has 4 rings (SSSR count). The van der Waals surface area contributed by atoms with Crippen LogP contribution in [0.5, 0.6) is 0 Å². The molecule has 2 heteroatoms. The standard InChI is InChI=1S/C19H26O2/c1-11-6-7-19(3)14(8-11)5-4-13-9-15-12(2)18(20)21-17(15)10-16(13)19/h9,11,14,16-17H,4-8,10H2,1-3H3/t11-,14-,16-,17-,19-/m1/s1. The summed E-state index contributed by atoms with van der Waals surface area (Å²) in [7, 11) is 0. The van der Waals surface area contributed by atoms with E-state index in [-0.39, 0.29) is 12.1 Å². The molecular formula is C19H26O2. The first-order valence-corrected chi connectivity index (χ1v) is 8.61. The first-order valence-electron chi connectivity index (χ1n) is 8.61. The van der Waals surface area contributed by atoms with Gasteiger partial charge in [-0.3, -0.25) is 0 Å². The smallest absolute Gasteiger partial charge is 0.334 e. The Balaban J connectivity index is 1.70. The average Bonchev–Trinajstić information content (AvgIpc) is 2.73. The first-order chi connectivity index (χ1) is 9.99. The summed E-state index contributed by atoms with van der Waals surface area (Å²) in [5, 5.41) is 0. The van der Waals surface area contributed by atoms with Crippen LogP contribution in [-0.2, 0) is 9.53 Å². The summed E-state index contributed by atoms with van der Waals surface area (Å²) in [6.45, 7) is 6.85. The van der Waals surface area contributed by atoms with Crippen molar-refractivity contribution in [3.63, 3.8) is 0 Å². The number of rotatable bonds is 0. The van der Waals surface area contributed by atoms with Gasteiger partial charge in [0, 0.05) is 11.1 Å². The van der Waals surface area contributed by atoms with Gasteiger partial charge in [-0.1, -0.05) is 31.9 Å². The van der Waals surface area contributed by atoms with E-state index in [0.29, 0.717) is 11.3 Å². The van der Waals surface area contributed by atoms with Crippen molar-refractivity contribution in [2.45, 2.75) is 65.4 Å². The van der Waals surface area contributed by atoms with Crippen LogP contribution in [0, 0.1) is 23.2 Å². The molecule has 1 aliphatic heterocycles. The minimum absolute atomic E-state index is 0.0428. The lowest BCUT2D eigenvalue weighted by Crippen LogP contribution is -2.46. The Kier molecular flexibility index (Phi) is 2.90. The summed E-state index contributed by atoms with van der Waals surface area (Å²) in [6, 6.07) is 0. The Hall–Kier alpha value is -1.05. The molecule has 21 heavy (non-hydrogen) atoms. The molecule has 2 fully saturated rings. The number of esters is 1. The minimum atomic E-state index is -0.0931. The second-order valence-electron chi connectivity index (χ2n) is 8.10. The van der Waals surface area contributed by atoms with E-state index in [0.717, 1.165) is 23.8 Å². The first kappa shape index (κ1) is 13.6. The highest BCUT2D eigenvalue weighted by Gasteiger charge is 2.51. The van der Waals surface area contributed by atoms with E-state index >= 15 is 0 Å². The highest BCUT2D eigenvalue weighted by atomic mass is 16.5. The molecule has 0 amide bonds. The highest BCUT2D eigenvalue weighted by Crippen LogP contribution is 2.59. The average molecular weight is 286 g/mol. The van der Waals surface area contributed by atoms with Gasteiger partial charge in [-0.05, 0) is 62.2 Å². The fourth-order valence-electron chi connectivity index (χ4n) is 5.50. The quantitative estimate of drug-likeness (QED) is 0.616. The molecule has 0 spiro atoms. The fraction of sp³-hybridized carbons (Fsp3) is 0.737. The van der Waals surface area contributed by atoms with Gasteiger partial charge in [0.05, 0.1) is 0 Å². The molecule has 0 N–H and O–H groups in total. The lowest BCUT2D eigenvalue weighted by atomic mass is 9.51. The lowest BCUT2D eigenvalue weighted by Gasteiger charge is -2.54. The van der Waals surface area contributed by atoms with Crippen molar-refractivity contribution in [1.82, 2.24) is 0 Å². The molecule has 2 saturated carbocycles. The molecule has 4 aliphatic rings. The van der Waals surface area contributed by atoms with E-state index in [1.165, 1.54) is 37.7 Å². The lowest BCUT2D eigenvalue weighted by molar-refractivity contribution is -0.141. The topological polar surface area (TPSA) is 26.3 Å². The molecule has 0 aromatic carbocycles. The molecule has 0 unspecified atom stereocenters. The number of hydrogen-bond donors (Lipinski definition) is 0. The molecular weight excluding hydrogens is 260 g/mol. The van der Waals surface area contributed by atoms with Crippen LogP contribution in [-0.4, -0.2) is 12.1 Å². The van der Waals surface area contributed by atoms with E-state index in [9.17, 15) is 4.79 Å². The molecule has 0 radical (unpaired) electrons. The number of carbonyl (C=O) groups excluding carboxylic acids is 1. The molecule has 0 bridgehead atoms. The number of hydrogen-bond acceptors (Lipinski definition) is 2. The van der Waals surface area contributed by atoms with Gasteiger partial charge in [-0.25, -0.2) is 4.79 Å². The van der Waals surface area contributed by atoms with Crippen molar-refractivity contribution in [2.24, 2.45) is 23.2 Å². The molecule has 0 aromatic heterocycles. The van der Waals surface area contributed by atoms with Crippen LogP contribution in [0.1, 0.15) is 59.3 Å². The zero-order valence-electron chi connectivity index (χ0n) is 13.4. The van der Waals surface area contributed by atoms with Gasteiger partial charge in [-0.2, -0.15) is 0 Å². The molecule has 1 heterocycles. The summed E-state index contributed by atoms with van der Waals surface area (Å²) in [5.74, 6) is 2.30. The number of ether oxygens (including phenoxy) is 1. The van der Waals surface area contributed by atoms with Gasteiger partial charge in [-0.15, -0.1) is 0 Å². The summed E-state index contributed by atoms with van der Waals surface area (Å²) in [5.41, 5.74) is 4.06. The zero-order valence-corrected chi connectivity index (χ0v) is 13.4. The number of carbonyl (C=O) groups is 1. The Bertz CT molecular complexity index is 556. The molecule has 0 saturated heterocycles. The van der Waals surface area contributed by atoms with E-state index in [1.54, 1.807) is 5.57 Å². The maximum absolute atomic E-state index is 11.8. The third kappa shape index (κ3) is 1.87. The van der Waals surface area contributed by atoms with Crippen molar-refractivity contribution in [3.8, 4) is 0 Å². The SMILES string of the molecule is CC1=C2C=C3CC[C@@H]4C[C@H](C)CC[C@@]4(C)[C@@H]3C[C@H]2OC1=O. The van der Waals surface area contributed by atoms with Gasteiger partial charge >= 0.3 is 5.97 Å². The largest absolute Gasteiger partial charge is 0.454 e. The summed E-state index contributed by atoms with van der Waals surface area (Å²) >= 11 is 0. The fourth-order valence-corrected chi connectivity index (χ4v) is 5.50. The van der Waals surface area contributed by atoms with Crippen molar-refractivity contribution >= 4 is 5.97 Å². The molecule has 5 atom stereocenters. The predicted octanol–water partition coefficient (Wildman–Crippen LogP) is 4.41. The normalized spacial score (nSPS) is 45.5. The molecule has 3 aliphatic carbocycles.